The predicted octanol–water partition coefficient (Wildman–Crippen LogP) is 2.48. The Morgan fingerprint density at radius 1 is 1.23 bits per heavy atom. The summed E-state index contributed by atoms with van der Waals surface area (Å²) in [5.74, 6) is 0.0672. The topological polar surface area (TPSA) is 87.1 Å². The van der Waals surface area contributed by atoms with E-state index in [0.717, 1.165) is 40.7 Å². The molecule has 0 unspecified atom stereocenters. The third-order valence-corrected chi connectivity index (χ3v) is 5.34. The maximum Gasteiger partial charge on any atom is 0.269 e. The van der Waals surface area contributed by atoms with E-state index < -0.39 is 0 Å². The molecular formula is C22H26N6O2. The lowest BCUT2D eigenvalue weighted by atomic mass is 10.00. The summed E-state index contributed by atoms with van der Waals surface area (Å²) in [4.78, 5) is 31.6. The molecule has 3 aromatic rings. The number of nitrogens with one attached hydrogen (secondary N) is 1. The van der Waals surface area contributed by atoms with E-state index in [1.165, 1.54) is 0 Å². The normalized spacial score (nSPS) is 14.1. The van der Waals surface area contributed by atoms with E-state index in [1.807, 2.05) is 30.2 Å². The van der Waals surface area contributed by atoms with Crippen LogP contribution in [0.1, 0.15) is 34.6 Å². The van der Waals surface area contributed by atoms with Gasteiger partial charge >= 0.3 is 0 Å². The summed E-state index contributed by atoms with van der Waals surface area (Å²) in [5.41, 5.74) is 4.54. The molecule has 1 aliphatic heterocycles. The Labute approximate surface area is 175 Å². The maximum atomic E-state index is 12.7. The zero-order valence-corrected chi connectivity index (χ0v) is 17.6. The molecule has 0 bridgehead atoms. The van der Waals surface area contributed by atoms with Gasteiger partial charge in [-0.05, 0) is 36.6 Å². The quantitative estimate of drug-likeness (QED) is 0.705. The Balaban J connectivity index is 1.45. The molecule has 1 aromatic carbocycles. The highest BCUT2D eigenvalue weighted by atomic mass is 16.2. The number of aryl methyl sites for hydroxylation is 2. The van der Waals surface area contributed by atoms with Gasteiger partial charge < -0.3 is 14.8 Å². The number of hydrogen-bond acceptors (Lipinski definition) is 4. The minimum Gasteiger partial charge on any atom is -0.351 e. The van der Waals surface area contributed by atoms with E-state index in [1.54, 1.807) is 23.7 Å². The summed E-state index contributed by atoms with van der Waals surface area (Å²) in [7, 11) is 3.48. The first-order chi connectivity index (χ1) is 14.4. The van der Waals surface area contributed by atoms with Gasteiger partial charge in [-0.25, -0.2) is 0 Å². The Morgan fingerprint density at radius 2 is 2.07 bits per heavy atom. The summed E-state index contributed by atoms with van der Waals surface area (Å²) < 4.78 is 1.71. The van der Waals surface area contributed by atoms with E-state index in [4.69, 9.17) is 0 Å². The molecule has 0 atom stereocenters. The number of H-pyrrole nitrogens is 1. The molecule has 0 saturated carbocycles. The van der Waals surface area contributed by atoms with Crippen molar-refractivity contribution in [3.8, 4) is 0 Å². The summed E-state index contributed by atoms with van der Waals surface area (Å²) >= 11 is 0. The zero-order valence-electron chi connectivity index (χ0n) is 17.6. The van der Waals surface area contributed by atoms with Gasteiger partial charge in [-0.1, -0.05) is 23.4 Å². The maximum absolute atomic E-state index is 12.7. The predicted molar refractivity (Wildman–Crippen MR) is 115 cm³/mol. The molecule has 1 N–H and O–H groups in total. The van der Waals surface area contributed by atoms with E-state index in [0.29, 0.717) is 25.2 Å². The van der Waals surface area contributed by atoms with Crippen molar-refractivity contribution < 1.29 is 9.59 Å². The van der Waals surface area contributed by atoms with Crippen LogP contribution >= 0.6 is 0 Å². The van der Waals surface area contributed by atoms with E-state index in [9.17, 15) is 9.59 Å². The molecule has 156 valence electrons. The van der Waals surface area contributed by atoms with Gasteiger partial charge in [0.1, 0.15) is 5.69 Å². The second-order valence-electron chi connectivity index (χ2n) is 7.89. The van der Waals surface area contributed by atoms with Crippen LogP contribution in [-0.4, -0.2) is 68.8 Å². The first-order valence-electron chi connectivity index (χ1n) is 10.1. The van der Waals surface area contributed by atoms with E-state index in [-0.39, 0.29) is 11.8 Å². The molecule has 0 fully saturated rings. The minimum absolute atomic E-state index is 0.0519. The van der Waals surface area contributed by atoms with Gasteiger partial charge in [-0.3, -0.25) is 14.3 Å². The number of aromatic nitrogens is 4. The van der Waals surface area contributed by atoms with Crippen LogP contribution in [0.3, 0.4) is 0 Å². The molecule has 30 heavy (non-hydrogen) atoms. The van der Waals surface area contributed by atoms with Crippen LogP contribution in [0, 0.1) is 6.92 Å². The highest BCUT2D eigenvalue weighted by Gasteiger charge is 2.20. The number of amides is 2. The van der Waals surface area contributed by atoms with Gasteiger partial charge in [0.2, 0.25) is 5.91 Å². The Morgan fingerprint density at radius 3 is 2.80 bits per heavy atom. The van der Waals surface area contributed by atoms with Crippen molar-refractivity contribution in [1.82, 2.24) is 29.8 Å². The summed E-state index contributed by atoms with van der Waals surface area (Å²) in [6, 6.07) is 8.00. The monoisotopic (exact) mass is 406 g/mol. The van der Waals surface area contributed by atoms with Crippen molar-refractivity contribution in [3.05, 3.63) is 53.5 Å². The first kappa shape index (κ1) is 19.9. The van der Waals surface area contributed by atoms with Crippen LogP contribution in [-0.2, 0) is 11.3 Å². The lowest BCUT2D eigenvalue weighted by Gasteiger charge is -2.28. The molecule has 2 aromatic heterocycles. The Kier molecular flexibility index (Phi) is 5.39. The van der Waals surface area contributed by atoms with Gasteiger partial charge in [0.05, 0.1) is 12.2 Å². The fourth-order valence-electron chi connectivity index (χ4n) is 3.72. The highest BCUT2D eigenvalue weighted by molar-refractivity contribution is 5.98. The van der Waals surface area contributed by atoms with Crippen molar-refractivity contribution in [3.63, 3.8) is 0 Å². The largest absolute Gasteiger partial charge is 0.351 e. The van der Waals surface area contributed by atoms with Crippen LogP contribution < -0.4 is 0 Å². The van der Waals surface area contributed by atoms with Crippen LogP contribution in [0.15, 0.2) is 36.5 Å². The zero-order chi connectivity index (χ0) is 21.3. The Bertz CT molecular complexity index is 1120. The minimum atomic E-state index is -0.0519. The molecule has 8 nitrogen and oxygen atoms in total. The molecule has 8 heteroatoms. The number of nitrogens with zero attached hydrogens (tertiary/aromatic N) is 5. The molecule has 4 rings (SSSR count). The Hall–Kier alpha value is -3.42. The number of aromatic amines is 1. The van der Waals surface area contributed by atoms with Crippen LogP contribution in [0.25, 0.3) is 16.5 Å². The molecule has 0 radical (unpaired) electrons. The van der Waals surface area contributed by atoms with Gasteiger partial charge in [-0.15, -0.1) is 5.10 Å². The van der Waals surface area contributed by atoms with Crippen LogP contribution in [0.5, 0.6) is 0 Å². The van der Waals surface area contributed by atoms with Crippen molar-refractivity contribution >= 4 is 28.3 Å². The number of benzene rings is 1. The number of fused-ring (bicyclic) bond motifs is 1. The average Bonchev–Trinajstić information content (AvgIpc) is 3.36. The molecule has 0 spiro atoms. The third kappa shape index (κ3) is 4.12. The fourth-order valence-corrected chi connectivity index (χ4v) is 3.72. The molecule has 0 saturated heterocycles. The van der Waals surface area contributed by atoms with Crippen molar-refractivity contribution in [2.45, 2.75) is 26.3 Å². The molecule has 0 aliphatic carbocycles. The lowest BCUT2D eigenvalue weighted by Crippen LogP contribution is -2.35. The van der Waals surface area contributed by atoms with Gasteiger partial charge in [0, 0.05) is 50.7 Å². The molecule has 2 amide bonds. The number of carbonyl (C=O) groups excluding carboxylic acids is 2. The second-order valence-corrected chi connectivity index (χ2v) is 7.89. The van der Waals surface area contributed by atoms with Crippen LogP contribution in [0.4, 0.5) is 0 Å². The molecule has 3 heterocycles. The van der Waals surface area contributed by atoms with Crippen molar-refractivity contribution in [2.24, 2.45) is 0 Å². The lowest BCUT2D eigenvalue weighted by molar-refractivity contribution is -0.131. The first-order valence-corrected chi connectivity index (χ1v) is 10.1. The SMILES string of the molecule is Cc1cn(CCC(=O)N2CCC=C(c3ccc4cc(C(=O)N(C)C)[nH]c4c3)C2)nn1. The fraction of sp³-hybridized carbons (Fsp3) is 0.364. The molecule has 1 aliphatic rings. The summed E-state index contributed by atoms with van der Waals surface area (Å²) in [6.07, 6.45) is 5.27. The standard InChI is InChI=1S/C22H26N6O2/c1-15-13-28(25-24-15)10-8-21(29)27-9-4-5-18(14-27)16-6-7-17-12-20(22(30)26(2)3)23-19(17)11-16/h5-7,11-13,23H,4,8-10,14H2,1-3H3. The summed E-state index contributed by atoms with van der Waals surface area (Å²) in [6.45, 7) is 3.73. The van der Waals surface area contributed by atoms with E-state index >= 15 is 0 Å². The van der Waals surface area contributed by atoms with Gasteiger partial charge in [0.25, 0.3) is 5.91 Å². The second kappa shape index (κ2) is 8.14. The highest BCUT2D eigenvalue weighted by Crippen LogP contribution is 2.25. The van der Waals surface area contributed by atoms with Crippen molar-refractivity contribution in [2.75, 3.05) is 27.2 Å². The number of rotatable bonds is 5. The number of hydrogen-bond donors (Lipinski definition) is 1. The van der Waals surface area contributed by atoms with Gasteiger partial charge in [0.15, 0.2) is 0 Å². The molecular weight excluding hydrogens is 380 g/mol. The average molecular weight is 406 g/mol. The number of carbonyl (C=O) groups is 2. The van der Waals surface area contributed by atoms with Gasteiger partial charge in [-0.2, -0.15) is 0 Å². The van der Waals surface area contributed by atoms with E-state index in [2.05, 4.69) is 33.5 Å². The smallest absolute Gasteiger partial charge is 0.269 e. The third-order valence-electron chi connectivity index (χ3n) is 5.34. The van der Waals surface area contributed by atoms with Crippen LogP contribution in [0.2, 0.25) is 0 Å². The van der Waals surface area contributed by atoms with Crippen molar-refractivity contribution in [1.29, 1.82) is 0 Å². The summed E-state index contributed by atoms with van der Waals surface area (Å²) in [5, 5.41) is 8.96.